The Balaban J connectivity index is 1.26. The van der Waals surface area contributed by atoms with E-state index in [2.05, 4.69) is 55.5 Å². The number of unbranched alkanes of at least 4 members (excludes halogenated alkanes) is 1. The highest BCUT2D eigenvalue weighted by molar-refractivity contribution is 5.81. The largest absolute Gasteiger partial charge is 0.394 e. The fourth-order valence-corrected chi connectivity index (χ4v) is 7.80. The molecular formula is C43H73N17O6. The minimum absolute atomic E-state index is 0.0251. The van der Waals surface area contributed by atoms with Gasteiger partial charge in [0.1, 0.15) is 24.4 Å². The molecule has 23 nitrogen and oxygen atoms in total. The van der Waals surface area contributed by atoms with E-state index in [0.717, 1.165) is 25.7 Å². The Kier molecular flexibility index (Phi) is 21.2. The first-order valence-corrected chi connectivity index (χ1v) is 23.4. The summed E-state index contributed by atoms with van der Waals surface area (Å²) in [6, 6.07) is -2.05. The number of aromatic nitrogens is 9. The topological polar surface area (TPSA) is 285 Å². The number of rotatable bonds is 28. The molecule has 2 fully saturated rings. The fourth-order valence-electron chi connectivity index (χ4n) is 7.80. The molecule has 2 amide bonds. The van der Waals surface area contributed by atoms with Gasteiger partial charge in [-0.2, -0.15) is 15.0 Å². The molecule has 5 atom stereocenters. The Morgan fingerprint density at radius 1 is 0.788 bits per heavy atom. The van der Waals surface area contributed by atoms with Gasteiger partial charge in [0.2, 0.25) is 29.7 Å². The van der Waals surface area contributed by atoms with Crippen molar-refractivity contribution in [2.75, 3.05) is 127 Å². The number of hydrogen-bond acceptors (Lipinski definition) is 19. The van der Waals surface area contributed by atoms with Gasteiger partial charge in [0.15, 0.2) is 0 Å². The normalized spacial score (nSPS) is 16.8. The molecule has 0 bridgehead atoms. The minimum Gasteiger partial charge on any atom is -0.394 e. The van der Waals surface area contributed by atoms with E-state index in [1.165, 1.54) is 0 Å². The van der Waals surface area contributed by atoms with Gasteiger partial charge in [0.05, 0.1) is 69.8 Å². The maximum absolute atomic E-state index is 14.2. The van der Waals surface area contributed by atoms with Crippen molar-refractivity contribution in [3.63, 3.8) is 0 Å². The van der Waals surface area contributed by atoms with E-state index >= 15 is 0 Å². The van der Waals surface area contributed by atoms with Gasteiger partial charge in [0.25, 0.3) is 0 Å². The van der Waals surface area contributed by atoms with Crippen molar-refractivity contribution < 1.29 is 28.9 Å². The number of aliphatic hydroxyl groups is 1. The molecule has 0 saturated carbocycles. The van der Waals surface area contributed by atoms with Crippen LogP contribution in [0.25, 0.3) is 0 Å². The first-order valence-electron chi connectivity index (χ1n) is 23.4. The molecule has 0 radical (unpaired) electrons. The van der Waals surface area contributed by atoms with E-state index in [1.54, 1.807) is 15.6 Å². The van der Waals surface area contributed by atoms with E-state index in [0.29, 0.717) is 140 Å². The maximum atomic E-state index is 14.2. The van der Waals surface area contributed by atoms with Crippen LogP contribution in [-0.4, -0.2) is 183 Å². The molecule has 3 aromatic rings. The van der Waals surface area contributed by atoms with Gasteiger partial charge < -0.3 is 61.4 Å². The average molecular weight is 924 g/mol. The van der Waals surface area contributed by atoms with Crippen molar-refractivity contribution in [1.82, 2.24) is 54.7 Å². The quantitative estimate of drug-likeness (QED) is 0.0478. The first-order chi connectivity index (χ1) is 32.0. The van der Waals surface area contributed by atoms with Crippen LogP contribution in [0.4, 0.5) is 17.8 Å². The van der Waals surface area contributed by atoms with Crippen molar-refractivity contribution in [2.45, 2.75) is 84.0 Å². The lowest BCUT2D eigenvalue weighted by atomic mass is 9.97. The van der Waals surface area contributed by atoms with Gasteiger partial charge in [0, 0.05) is 58.9 Å². The molecule has 5 rings (SSSR count). The first kappa shape index (κ1) is 51.9. The summed E-state index contributed by atoms with van der Waals surface area (Å²) in [5.74, 6) is 4.04. The van der Waals surface area contributed by atoms with Crippen LogP contribution in [-0.2, 0) is 23.8 Å². The molecule has 0 aromatic carbocycles. The number of ether oxygens (including phenoxy) is 3. The highest BCUT2D eigenvalue weighted by atomic mass is 16.5. The summed E-state index contributed by atoms with van der Waals surface area (Å²) >= 11 is 0. The highest BCUT2D eigenvalue weighted by Crippen LogP contribution is 2.27. The summed E-state index contributed by atoms with van der Waals surface area (Å²) in [4.78, 5) is 50.8. The zero-order valence-electron chi connectivity index (χ0n) is 39.3. The summed E-state index contributed by atoms with van der Waals surface area (Å²) in [7, 11) is 0. The minimum atomic E-state index is -0.684. The third-order valence-electron chi connectivity index (χ3n) is 11.8. The second-order valence-corrected chi connectivity index (χ2v) is 17.2. The molecule has 0 unspecified atom stereocenters. The molecular weight excluding hydrogens is 851 g/mol. The lowest BCUT2D eigenvalue weighted by Crippen LogP contribution is -2.52. The number of nitrogens with zero attached hydrogens (tertiary/aromatic N) is 13. The molecule has 3 aromatic heterocycles. The SMILES string of the molecule is C#CCOCCOCCOCCNc1nc(N2CCN(C(=O)[C@H]([C@@H](C)CC)n3cc([C@@H](N)CO)nn3)CC2)nc(N2CCN(C(=O)[C@H](CCCCN)n3cc([C@@H](N)CC(C)C)nn3)CC2)n1. The van der Waals surface area contributed by atoms with Gasteiger partial charge in [-0.3, -0.25) is 9.59 Å². The average Bonchev–Trinajstić information content (AvgIpc) is 4.03. The van der Waals surface area contributed by atoms with E-state index in [1.807, 2.05) is 29.8 Å². The van der Waals surface area contributed by atoms with Crippen LogP contribution < -0.4 is 32.3 Å². The van der Waals surface area contributed by atoms with Crippen LogP contribution in [0.2, 0.25) is 0 Å². The van der Waals surface area contributed by atoms with Crippen molar-refractivity contribution in [3.05, 3.63) is 23.8 Å². The number of nitrogens with one attached hydrogen (secondary N) is 1. The van der Waals surface area contributed by atoms with Crippen LogP contribution in [0.3, 0.4) is 0 Å². The van der Waals surface area contributed by atoms with Gasteiger partial charge in [-0.15, -0.1) is 16.6 Å². The number of piperazine rings is 2. The van der Waals surface area contributed by atoms with Gasteiger partial charge in [-0.25, -0.2) is 9.36 Å². The second kappa shape index (κ2) is 26.9. The third kappa shape index (κ3) is 15.0. The summed E-state index contributed by atoms with van der Waals surface area (Å²) < 4.78 is 19.8. The van der Waals surface area contributed by atoms with Crippen LogP contribution in [0.1, 0.15) is 95.4 Å². The van der Waals surface area contributed by atoms with Crippen molar-refractivity contribution in [3.8, 4) is 12.3 Å². The maximum Gasteiger partial charge on any atom is 0.247 e. The number of hydrogen-bond donors (Lipinski definition) is 5. The van der Waals surface area contributed by atoms with Crippen molar-refractivity contribution >= 4 is 29.7 Å². The molecule has 23 heteroatoms. The zero-order valence-corrected chi connectivity index (χ0v) is 39.3. The predicted octanol–water partition coefficient (Wildman–Crippen LogP) is 0.142. The van der Waals surface area contributed by atoms with Gasteiger partial charge in [-0.05, 0) is 44.1 Å². The third-order valence-corrected chi connectivity index (χ3v) is 11.8. The van der Waals surface area contributed by atoms with E-state index in [-0.39, 0.29) is 37.0 Å². The van der Waals surface area contributed by atoms with E-state index in [9.17, 15) is 14.7 Å². The predicted molar refractivity (Wildman–Crippen MR) is 248 cm³/mol. The van der Waals surface area contributed by atoms with E-state index < -0.39 is 18.1 Å². The number of carbonyl (C=O) groups excluding carboxylic acids is 2. The Hall–Kier alpha value is -5.09. The molecule has 366 valence electrons. The van der Waals surface area contributed by atoms with Gasteiger partial charge >= 0.3 is 0 Å². The summed E-state index contributed by atoms with van der Waals surface area (Å²) in [5.41, 5.74) is 19.4. The number of carbonyl (C=O) groups is 2. The molecule has 0 aliphatic carbocycles. The zero-order chi connectivity index (χ0) is 47.4. The standard InChI is InChI=1S/C43H73N17O6/c1-6-21-64-23-25-66-26-24-65-22-12-47-41-48-42(57-17-13-55(14-18-57)39(62)37(10-8-9-11-44)59-28-35(51-53-59)33(45)27-31(3)4)50-43(49-41)58-19-15-56(16-20-58)40(63)38(32(5)7-2)60-29-36(52-54-60)34(46)30-61/h1,28-29,31-34,37-38,61H,7-27,30,44-46H2,2-5H3,(H,47,48,49,50)/t32-,33-,34-,37-,38-/m0/s1. The fraction of sp³-hybridized carbons (Fsp3) is 0.744. The molecule has 0 spiro atoms. The van der Waals surface area contributed by atoms with Gasteiger partial charge in [-0.1, -0.05) is 50.5 Å². The second-order valence-electron chi connectivity index (χ2n) is 17.2. The van der Waals surface area contributed by atoms with Crippen LogP contribution in [0.5, 0.6) is 0 Å². The van der Waals surface area contributed by atoms with Crippen LogP contribution in [0.15, 0.2) is 12.4 Å². The molecule has 2 saturated heterocycles. The summed E-state index contributed by atoms with van der Waals surface area (Å²) in [6.45, 7) is 15.0. The Morgan fingerprint density at radius 2 is 1.35 bits per heavy atom. The molecule has 2 aliphatic heterocycles. The Bertz CT molecular complexity index is 1940. The molecule has 5 heterocycles. The van der Waals surface area contributed by atoms with Crippen molar-refractivity contribution in [1.29, 1.82) is 0 Å². The number of nitrogens with two attached hydrogens (primary N) is 3. The molecule has 8 N–H and O–H groups in total. The van der Waals surface area contributed by atoms with Crippen LogP contribution >= 0.6 is 0 Å². The lowest BCUT2D eigenvalue weighted by molar-refractivity contribution is -0.137. The van der Waals surface area contributed by atoms with Crippen LogP contribution in [0, 0.1) is 24.2 Å². The summed E-state index contributed by atoms with van der Waals surface area (Å²) in [6.07, 6.45) is 12.3. The lowest BCUT2D eigenvalue weighted by Gasteiger charge is -2.38. The number of anilines is 3. The monoisotopic (exact) mass is 924 g/mol. The molecule has 66 heavy (non-hydrogen) atoms. The number of amides is 2. The Morgan fingerprint density at radius 3 is 1.92 bits per heavy atom. The van der Waals surface area contributed by atoms with E-state index in [4.69, 9.17) is 52.8 Å². The Labute approximate surface area is 388 Å². The molecule has 2 aliphatic rings. The van der Waals surface area contributed by atoms with Crippen molar-refractivity contribution in [2.24, 2.45) is 29.0 Å². The number of aliphatic hydroxyl groups excluding tert-OH is 1. The summed E-state index contributed by atoms with van der Waals surface area (Å²) in [5, 5.41) is 30.0. The number of terminal acetylenes is 1. The smallest absolute Gasteiger partial charge is 0.247 e. The highest BCUT2D eigenvalue weighted by Gasteiger charge is 2.35.